The zero-order chi connectivity index (χ0) is 21.3. The van der Waals surface area contributed by atoms with E-state index >= 15 is 0 Å². The molecule has 2 fully saturated rings. The number of amides is 1. The molecule has 2 aliphatic heterocycles. The van der Waals surface area contributed by atoms with Crippen molar-refractivity contribution in [1.29, 1.82) is 0 Å². The van der Waals surface area contributed by atoms with E-state index in [0.717, 1.165) is 46.7 Å². The summed E-state index contributed by atoms with van der Waals surface area (Å²) in [6.45, 7) is 9.13. The van der Waals surface area contributed by atoms with Gasteiger partial charge in [-0.2, -0.15) is 0 Å². The van der Waals surface area contributed by atoms with Gasteiger partial charge in [0.1, 0.15) is 15.5 Å². The third-order valence-corrected chi connectivity index (χ3v) is 6.73. The Morgan fingerprint density at radius 2 is 1.77 bits per heavy atom. The summed E-state index contributed by atoms with van der Waals surface area (Å²) in [5, 5.41) is 11.1. The van der Waals surface area contributed by atoms with Crippen LogP contribution in [0, 0.1) is 5.92 Å². The van der Waals surface area contributed by atoms with Crippen LogP contribution < -0.4 is 10.6 Å². The summed E-state index contributed by atoms with van der Waals surface area (Å²) in [7, 11) is 0. The maximum absolute atomic E-state index is 13.2. The van der Waals surface area contributed by atoms with E-state index in [-0.39, 0.29) is 12.5 Å². The zero-order valence-corrected chi connectivity index (χ0v) is 18.5. The van der Waals surface area contributed by atoms with E-state index in [1.54, 1.807) is 4.90 Å². The van der Waals surface area contributed by atoms with Gasteiger partial charge in [0.05, 0.1) is 38.7 Å². The van der Waals surface area contributed by atoms with Gasteiger partial charge in [-0.25, -0.2) is 4.98 Å². The van der Waals surface area contributed by atoms with E-state index in [1.807, 2.05) is 0 Å². The quantitative estimate of drug-likeness (QED) is 0.741. The number of hydrogen-bond donors (Lipinski definition) is 2. The molecule has 4 heterocycles. The van der Waals surface area contributed by atoms with Crippen molar-refractivity contribution < 1.29 is 19.4 Å². The summed E-state index contributed by atoms with van der Waals surface area (Å²) in [5.41, 5.74) is 8.86. The van der Waals surface area contributed by atoms with Crippen LogP contribution in [0.25, 0.3) is 10.2 Å². The van der Waals surface area contributed by atoms with Crippen LogP contribution in [-0.4, -0.2) is 73.5 Å². The summed E-state index contributed by atoms with van der Waals surface area (Å²) < 4.78 is 10.9. The Bertz CT molecular complexity index is 918. The van der Waals surface area contributed by atoms with Crippen molar-refractivity contribution in [2.24, 2.45) is 5.92 Å². The van der Waals surface area contributed by atoms with Gasteiger partial charge >= 0.3 is 0 Å². The number of anilines is 2. The van der Waals surface area contributed by atoms with Gasteiger partial charge in [0.2, 0.25) is 0 Å². The Kier molecular flexibility index (Phi) is 6.43. The molecular formula is C21H30N4O4S. The highest BCUT2D eigenvalue weighted by atomic mass is 32.1. The van der Waals surface area contributed by atoms with Crippen LogP contribution in [0.1, 0.15) is 34.6 Å². The third-order valence-electron chi connectivity index (χ3n) is 5.64. The number of ether oxygens (including phenoxy) is 2. The van der Waals surface area contributed by atoms with E-state index in [0.29, 0.717) is 56.0 Å². The average molecular weight is 435 g/mol. The van der Waals surface area contributed by atoms with Crippen LogP contribution >= 0.6 is 11.3 Å². The van der Waals surface area contributed by atoms with Crippen LogP contribution in [0.15, 0.2) is 0 Å². The van der Waals surface area contributed by atoms with Gasteiger partial charge in [0.25, 0.3) is 5.91 Å². The Morgan fingerprint density at radius 3 is 2.37 bits per heavy atom. The first kappa shape index (κ1) is 21.3. The number of nitrogens with two attached hydrogens (primary N) is 1. The molecule has 0 unspecified atom stereocenters. The van der Waals surface area contributed by atoms with Gasteiger partial charge < -0.3 is 30.1 Å². The number of nitrogen functional groups attached to an aromatic ring is 1. The molecule has 2 aromatic heterocycles. The van der Waals surface area contributed by atoms with Gasteiger partial charge in [-0.1, -0.05) is 13.8 Å². The number of hydrogen-bond acceptors (Lipinski definition) is 8. The maximum atomic E-state index is 13.2. The number of morpholine rings is 2. The fourth-order valence-electron chi connectivity index (χ4n) is 4.16. The predicted octanol–water partition coefficient (Wildman–Crippen LogP) is 1.88. The summed E-state index contributed by atoms with van der Waals surface area (Å²) >= 11 is 1.36. The molecule has 8 nitrogen and oxygen atoms in total. The Balaban J connectivity index is 1.85. The SMILES string of the molecule is CC(C)Cc1c(CO)c(N2CCOCC2)nc2sc(C(=O)N3CCOCC3)c(N)c12. The molecule has 0 saturated carbocycles. The number of aliphatic hydroxyl groups excluding tert-OH is 1. The number of fused-ring (bicyclic) bond motifs is 1. The highest BCUT2D eigenvalue weighted by Gasteiger charge is 2.29. The summed E-state index contributed by atoms with van der Waals surface area (Å²) in [6.07, 6.45) is 0.762. The Morgan fingerprint density at radius 1 is 1.13 bits per heavy atom. The highest BCUT2D eigenvalue weighted by molar-refractivity contribution is 7.21. The molecule has 0 aromatic carbocycles. The lowest BCUT2D eigenvalue weighted by Crippen LogP contribution is -2.40. The van der Waals surface area contributed by atoms with Gasteiger partial charge in [0, 0.05) is 37.1 Å². The maximum Gasteiger partial charge on any atom is 0.266 e. The second-order valence-electron chi connectivity index (χ2n) is 8.18. The number of thiophene rings is 1. The molecule has 2 aliphatic rings. The molecule has 0 bridgehead atoms. The van der Waals surface area contributed by atoms with E-state index in [9.17, 15) is 9.90 Å². The van der Waals surface area contributed by atoms with E-state index in [1.165, 1.54) is 11.3 Å². The fourth-order valence-corrected chi connectivity index (χ4v) is 5.25. The predicted molar refractivity (Wildman–Crippen MR) is 118 cm³/mol. The van der Waals surface area contributed by atoms with E-state index in [2.05, 4.69) is 18.7 Å². The normalized spacial score (nSPS) is 17.9. The Hall–Kier alpha value is -1.94. The minimum atomic E-state index is -0.111. The number of aliphatic hydroxyl groups is 1. The van der Waals surface area contributed by atoms with Gasteiger partial charge in [-0.15, -0.1) is 11.3 Å². The van der Waals surface area contributed by atoms with Crippen molar-refractivity contribution in [1.82, 2.24) is 9.88 Å². The van der Waals surface area contributed by atoms with Crippen LogP contribution in [0.2, 0.25) is 0 Å². The van der Waals surface area contributed by atoms with E-state index in [4.69, 9.17) is 20.2 Å². The fraction of sp³-hybridized carbons (Fsp3) is 0.619. The number of carbonyl (C=O) groups is 1. The van der Waals surface area contributed by atoms with Crippen molar-refractivity contribution in [3.63, 3.8) is 0 Å². The number of rotatable bonds is 5. The van der Waals surface area contributed by atoms with Crippen LogP contribution in [-0.2, 0) is 22.5 Å². The number of carbonyl (C=O) groups excluding carboxylic acids is 1. The molecule has 164 valence electrons. The van der Waals surface area contributed by atoms with Crippen molar-refractivity contribution in [2.45, 2.75) is 26.9 Å². The number of nitrogens with zero attached hydrogens (tertiary/aromatic N) is 3. The van der Waals surface area contributed by atoms with Crippen LogP contribution in [0.5, 0.6) is 0 Å². The lowest BCUT2D eigenvalue weighted by atomic mass is 9.95. The van der Waals surface area contributed by atoms with Gasteiger partial charge in [0.15, 0.2) is 0 Å². The minimum absolute atomic E-state index is 0.0623. The molecule has 4 rings (SSSR count). The second-order valence-corrected chi connectivity index (χ2v) is 9.18. The molecule has 1 amide bonds. The number of aromatic nitrogens is 1. The summed E-state index contributed by atoms with van der Waals surface area (Å²) in [5.74, 6) is 1.10. The van der Waals surface area contributed by atoms with Crippen molar-refractivity contribution in [3.8, 4) is 0 Å². The average Bonchev–Trinajstić information content (AvgIpc) is 3.10. The Labute approximate surface area is 180 Å². The molecule has 30 heavy (non-hydrogen) atoms. The third kappa shape index (κ3) is 3.99. The molecule has 0 radical (unpaired) electrons. The highest BCUT2D eigenvalue weighted by Crippen LogP contribution is 2.41. The van der Waals surface area contributed by atoms with Crippen LogP contribution in [0.4, 0.5) is 11.5 Å². The second kappa shape index (κ2) is 9.05. The molecule has 0 atom stereocenters. The molecule has 3 N–H and O–H groups in total. The smallest absolute Gasteiger partial charge is 0.266 e. The van der Waals surface area contributed by atoms with Crippen LogP contribution in [0.3, 0.4) is 0 Å². The number of pyridine rings is 1. The van der Waals surface area contributed by atoms with Crippen molar-refractivity contribution >= 4 is 39.0 Å². The zero-order valence-electron chi connectivity index (χ0n) is 17.6. The molecule has 2 saturated heterocycles. The first-order chi connectivity index (χ1) is 14.5. The molecular weight excluding hydrogens is 404 g/mol. The molecule has 9 heteroatoms. The van der Waals surface area contributed by atoms with Crippen molar-refractivity contribution in [2.75, 3.05) is 63.2 Å². The topological polar surface area (TPSA) is 101 Å². The molecule has 0 spiro atoms. The summed E-state index contributed by atoms with van der Waals surface area (Å²) in [6, 6.07) is 0. The van der Waals surface area contributed by atoms with Gasteiger partial charge in [-0.05, 0) is 17.9 Å². The molecule has 0 aliphatic carbocycles. The first-order valence-corrected chi connectivity index (χ1v) is 11.4. The lowest BCUT2D eigenvalue weighted by molar-refractivity contribution is 0.0307. The first-order valence-electron chi connectivity index (χ1n) is 10.6. The van der Waals surface area contributed by atoms with Crippen molar-refractivity contribution in [3.05, 3.63) is 16.0 Å². The van der Waals surface area contributed by atoms with Gasteiger partial charge in [-0.3, -0.25) is 4.79 Å². The summed E-state index contributed by atoms with van der Waals surface area (Å²) in [4.78, 5) is 23.3. The lowest BCUT2D eigenvalue weighted by Gasteiger charge is -2.30. The largest absolute Gasteiger partial charge is 0.397 e. The standard InChI is InChI=1S/C21H30N4O4S/c1-13(2)11-14-15(12-26)19(24-3-7-28-8-4-24)23-20-16(14)17(22)18(30-20)21(27)25-5-9-29-10-6-25/h13,26H,3-12,22H2,1-2H3. The monoisotopic (exact) mass is 434 g/mol. The molecule has 2 aromatic rings. The van der Waals surface area contributed by atoms with E-state index < -0.39 is 0 Å². The minimum Gasteiger partial charge on any atom is -0.397 e.